The molecule has 0 radical (unpaired) electrons. The number of carbonyl (C=O) groups is 1. The van der Waals surface area contributed by atoms with Crippen molar-refractivity contribution in [2.75, 3.05) is 0 Å². The van der Waals surface area contributed by atoms with E-state index in [0.717, 1.165) is 0 Å². The number of cyclic esters (lactones) is 1. The first-order valence-corrected chi connectivity index (χ1v) is 2.89. The second-order valence-electron chi connectivity index (χ2n) is 2.48. The first kappa shape index (κ1) is 5.60. The molecule has 0 amide bonds. The van der Waals surface area contributed by atoms with Crippen LogP contribution in [0.1, 0.15) is 20.3 Å². The van der Waals surface area contributed by atoms with E-state index < -0.39 is 0 Å². The summed E-state index contributed by atoms with van der Waals surface area (Å²) in [5.41, 5.74) is 0. The molecule has 1 saturated heterocycles. The monoisotopic (exact) mass is 114 g/mol. The van der Waals surface area contributed by atoms with E-state index >= 15 is 0 Å². The van der Waals surface area contributed by atoms with Gasteiger partial charge >= 0.3 is 5.97 Å². The Morgan fingerprint density at radius 2 is 2.25 bits per heavy atom. The zero-order chi connectivity index (χ0) is 6.15. The van der Waals surface area contributed by atoms with Crippen LogP contribution in [0.2, 0.25) is 0 Å². The van der Waals surface area contributed by atoms with Crippen LogP contribution in [-0.2, 0) is 9.53 Å². The molecule has 0 aromatic rings. The van der Waals surface area contributed by atoms with Gasteiger partial charge in [-0.25, -0.2) is 0 Å². The molecular weight excluding hydrogens is 104 g/mol. The highest BCUT2D eigenvalue weighted by molar-refractivity contribution is 5.75. The molecular formula is C6H10O2. The van der Waals surface area contributed by atoms with E-state index in [0.29, 0.717) is 12.3 Å². The van der Waals surface area contributed by atoms with Crippen LogP contribution in [0.5, 0.6) is 0 Å². The topological polar surface area (TPSA) is 26.3 Å². The van der Waals surface area contributed by atoms with Gasteiger partial charge in [-0.2, -0.15) is 0 Å². The van der Waals surface area contributed by atoms with E-state index in [1.54, 1.807) is 0 Å². The standard InChI is InChI=1S/C6H10O2/c1-4(2)5-3-6(7)8-5/h4-5H,3H2,1-2H3/t5-/m0/s1. The number of hydrogen-bond donors (Lipinski definition) is 0. The summed E-state index contributed by atoms with van der Waals surface area (Å²) in [4.78, 5) is 10.2. The predicted molar refractivity (Wildman–Crippen MR) is 29.3 cm³/mol. The van der Waals surface area contributed by atoms with Crippen molar-refractivity contribution in [3.8, 4) is 0 Å². The fraction of sp³-hybridized carbons (Fsp3) is 0.833. The molecule has 0 unspecified atom stereocenters. The highest BCUT2D eigenvalue weighted by Gasteiger charge is 2.30. The fourth-order valence-corrected chi connectivity index (χ4v) is 0.695. The molecule has 0 aliphatic carbocycles. The first-order valence-electron chi connectivity index (χ1n) is 2.89. The first-order chi connectivity index (χ1) is 3.70. The van der Waals surface area contributed by atoms with Crippen molar-refractivity contribution in [1.82, 2.24) is 0 Å². The Morgan fingerprint density at radius 1 is 1.75 bits per heavy atom. The van der Waals surface area contributed by atoms with E-state index in [2.05, 4.69) is 13.8 Å². The second-order valence-corrected chi connectivity index (χ2v) is 2.48. The molecule has 46 valence electrons. The van der Waals surface area contributed by atoms with Crippen molar-refractivity contribution in [1.29, 1.82) is 0 Å². The molecule has 1 heterocycles. The van der Waals surface area contributed by atoms with Gasteiger partial charge in [-0.3, -0.25) is 4.79 Å². The lowest BCUT2D eigenvalue weighted by Gasteiger charge is -2.28. The van der Waals surface area contributed by atoms with Gasteiger partial charge in [-0.05, 0) is 5.92 Å². The Labute approximate surface area is 48.8 Å². The van der Waals surface area contributed by atoms with E-state index in [4.69, 9.17) is 4.74 Å². The summed E-state index contributed by atoms with van der Waals surface area (Å²) in [7, 11) is 0. The predicted octanol–water partition coefficient (Wildman–Crippen LogP) is 0.958. The molecule has 0 spiro atoms. The second kappa shape index (κ2) is 1.77. The summed E-state index contributed by atoms with van der Waals surface area (Å²) in [5.74, 6) is 0.441. The molecule has 0 saturated carbocycles. The van der Waals surface area contributed by atoms with Crippen molar-refractivity contribution >= 4 is 5.97 Å². The highest BCUT2D eigenvalue weighted by atomic mass is 16.6. The lowest BCUT2D eigenvalue weighted by atomic mass is 10.0. The number of rotatable bonds is 1. The third-order valence-corrected chi connectivity index (χ3v) is 1.39. The minimum absolute atomic E-state index is 0.0521. The molecule has 1 aliphatic heterocycles. The third kappa shape index (κ3) is 0.831. The largest absolute Gasteiger partial charge is 0.461 e. The lowest BCUT2D eigenvalue weighted by Crippen LogP contribution is -2.36. The van der Waals surface area contributed by atoms with Crippen LogP contribution in [0.3, 0.4) is 0 Å². The molecule has 2 nitrogen and oxygen atoms in total. The number of carbonyl (C=O) groups excluding carboxylic acids is 1. The Balaban J connectivity index is 2.25. The molecule has 1 fully saturated rings. The van der Waals surface area contributed by atoms with Gasteiger partial charge in [0.2, 0.25) is 0 Å². The van der Waals surface area contributed by atoms with Crippen LogP contribution in [0.25, 0.3) is 0 Å². The molecule has 0 aromatic heterocycles. The van der Waals surface area contributed by atoms with Gasteiger partial charge in [-0.1, -0.05) is 13.8 Å². The maximum absolute atomic E-state index is 10.2. The molecule has 8 heavy (non-hydrogen) atoms. The zero-order valence-electron chi connectivity index (χ0n) is 5.18. The average Bonchev–Trinajstić information content (AvgIpc) is 1.57. The quantitative estimate of drug-likeness (QED) is 0.474. The summed E-state index contributed by atoms with van der Waals surface area (Å²) in [6.45, 7) is 4.11. The van der Waals surface area contributed by atoms with Gasteiger partial charge < -0.3 is 4.74 Å². The number of esters is 1. The Bertz CT molecular complexity index is 99.1. The van der Waals surface area contributed by atoms with E-state index in [1.807, 2.05) is 0 Å². The Morgan fingerprint density at radius 3 is 2.38 bits per heavy atom. The molecule has 1 rings (SSSR count). The average molecular weight is 114 g/mol. The normalized spacial score (nSPS) is 27.4. The summed E-state index contributed by atoms with van der Waals surface area (Å²) in [6, 6.07) is 0. The van der Waals surface area contributed by atoms with Crippen LogP contribution in [0.4, 0.5) is 0 Å². The van der Waals surface area contributed by atoms with Gasteiger partial charge in [0.25, 0.3) is 0 Å². The lowest BCUT2D eigenvalue weighted by molar-refractivity contribution is -0.173. The number of hydrogen-bond acceptors (Lipinski definition) is 2. The molecule has 2 heteroatoms. The van der Waals surface area contributed by atoms with E-state index in [-0.39, 0.29) is 12.1 Å². The minimum atomic E-state index is -0.0521. The van der Waals surface area contributed by atoms with E-state index in [1.165, 1.54) is 0 Å². The number of ether oxygens (including phenoxy) is 1. The summed E-state index contributed by atoms with van der Waals surface area (Å²) < 4.78 is 4.76. The minimum Gasteiger partial charge on any atom is -0.461 e. The van der Waals surface area contributed by atoms with Crippen molar-refractivity contribution < 1.29 is 9.53 Å². The van der Waals surface area contributed by atoms with Crippen LogP contribution in [0.15, 0.2) is 0 Å². The molecule has 0 N–H and O–H groups in total. The summed E-state index contributed by atoms with van der Waals surface area (Å²) in [6.07, 6.45) is 0.833. The van der Waals surface area contributed by atoms with Crippen LogP contribution in [-0.4, -0.2) is 12.1 Å². The van der Waals surface area contributed by atoms with Gasteiger partial charge in [0, 0.05) is 0 Å². The van der Waals surface area contributed by atoms with Gasteiger partial charge in [0.15, 0.2) is 0 Å². The fourth-order valence-electron chi connectivity index (χ4n) is 0.695. The van der Waals surface area contributed by atoms with Crippen LogP contribution in [0, 0.1) is 5.92 Å². The Hall–Kier alpha value is -0.530. The highest BCUT2D eigenvalue weighted by Crippen LogP contribution is 2.20. The van der Waals surface area contributed by atoms with Crippen molar-refractivity contribution in [3.05, 3.63) is 0 Å². The van der Waals surface area contributed by atoms with Crippen molar-refractivity contribution in [3.63, 3.8) is 0 Å². The van der Waals surface area contributed by atoms with Crippen LogP contribution < -0.4 is 0 Å². The summed E-state index contributed by atoms with van der Waals surface area (Å²) >= 11 is 0. The van der Waals surface area contributed by atoms with Gasteiger partial charge in [-0.15, -0.1) is 0 Å². The molecule has 1 aliphatic rings. The van der Waals surface area contributed by atoms with Crippen LogP contribution >= 0.6 is 0 Å². The van der Waals surface area contributed by atoms with Gasteiger partial charge in [0.1, 0.15) is 6.10 Å². The maximum atomic E-state index is 10.2. The van der Waals surface area contributed by atoms with Crippen molar-refractivity contribution in [2.45, 2.75) is 26.4 Å². The molecule has 0 bridgehead atoms. The molecule has 1 atom stereocenters. The third-order valence-electron chi connectivity index (χ3n) is 1.39. The van der Waals surface area contributed by atoms with E-state index in [9.17, 15) is 4.79 Å². The van der Waals surface area contributed by atoms with Crippen molar-refractivity contribution in [2.24, 2.45) is 5.92 Å². The summed E-state index contributed by atoms with van der Waals surface area (Å²) in [5, 5.41) is 0. The Kier molecular flexibility index (Phi) is 1.24. The smallest absolute Gasteiger partial charge is 0.309 e. The SMILES string of the molecule is CC(C)[C@@H]1CC(=O)O1. The zero-order valence-corrected chi connectivity index (χ0v) is 5.18. The maximum Gasteiger partial charge on any atom is 0.309 e. The molecule has 0 aromatic carbocycles. The van der Waals surface area contributed by atoms with Gasteiger partial charge in [0.05, 0.1) is 6.42 Å².